The molecule has 15 heavy (non-hydrogen) atoms. The van der Waals surface area contributed by atoms with Crippen LogP contribution in [0.1, 0.15) is 19.4 Å². The molecule has 80 valence electrons. The molecule has 0 aromatic heterocycles. The quantitative estimate of drug-likeness (QED) is 0.828. The summed E-state index contributed by atoms with van der Waals surface area (Å²) >= 11 is 1.83. The predicted molar refractivity (Wildman–Crippen MR) is 67.2 cm³/mol. The number of nitrogens with one attached hydrogen (secondary N) is 1. The van der Waals surface area contributed by atoms with Crippen LogP contribution in [0.15, 0.2) is 35.3 Å². The van der Waals surface area contributed by atoms with Gasteiger partial charge in [0, 0.05) is 11.3 Å². The molecule has 2 atom stereocenters. The fourth-order valence-electron chi connectivity index (χ4n) is 1.45. The van der Waals surface area contributed by atoms with Crippen LogP contribution in [0.2, 0.25) is 0 Å². The molecule has 1 aromatic carbocycles. The first-order chi connectivity index (χ1) is 7.25. The second kappa shape index (κ2) is 4.71. The molecule has 0 bridgehead atoms. The van der Waals surface area contributed by atoms with E-state index in [-0.39, 0.29) is 0 Å². The summed E-state index contributed by atoms with van der Waals surface area (Å²) in [4.78, 5) is 4.56. The summed E-state index contributed by atoms with van der Waals surface area (Å²) < 4.78 is 0. The third kappa shape index (κ3) is 2.75. The van der Waals surface area contributed by atoms with E-state index >= 15 is 0 Å². The molecule has 0 spiro atoms. The molecule has 1 saturated heterocycles. The van der Waals surface area contributed by atoms with E-state index in [1.165, 1.54) is 5.56 Å². The summed E-state index contributed by atoms with van der Waals surface area (Å²) in [6.07, 6.45) is 0. The lowest BCUT2D eigenvalue weighted by molar-refractivity contribution is 0.677. The van der Waals surface area contributed by atoms with Crippen LogP contribution in [-0.4, -0.2) is 16.5 Å². The number of rotatable bonds is 2. The molecule has 0 amide bonds. The van der Waals surface area contributed by atoms with Crippen molar-refractivity contribution in [3.63, 3.8) is 0 Å². The van der Waals surface area contributed by atoms with Crippen LogP contribution in [0.3, 0.4) is 0 Å². The first kappa shape index (κ1) is 10.6. The van der Waals surface area contributed by atoms with E-state index in [0.717, 1.165) is 11.7 Å². The standard InChI is InChI=1S/C12H16N2S/c1-9-10(2)15-12(14-9)13-8-11-6-4-3-5-7-11/h3-7,9-10H,8H2,1-2H3,(H,13,14). The molecule has 1 fully saturated rings. The van der Waals surface area contributed by atoms with Crippen LogP contribution in [0.5, 0.6) is 0 Å². The van der Waals surface area contributed by atoms with Crippen molar-refractivity contribution in [1.82, 2.24) is 5.32 Å². The van der Waals surface area contributed by atoms with E-state index in [2.05, 4.69) is 48.4 Å². The molecule has 1 aliphatic rings. The highest BCUT2D eigenvalue weighted by atomic mass is 32.2. The molecule has 3 heteroatoms. The third-order valence-electron chi connectivity index (χ3n) is 2.60. The Morgan fingerprint density at radius 2 is 2.00 bits per heavy atom. The van der Waals surface area contributed by atoms with Crippen molar-refractivity contribution < 1.29 is 0 Å². The Kier molecular flexibility index (Phi) is 3.31. The molecular formula is C12H16N2S. The number of hydrogen-bond donors (Lipinski definition) is 1. The van der Waals surface area contributed by atoms with Crippen LogP contribution < -0.4 is 5.32 Å². The Morgan fingerprint density at radius 3 is 2.60 bits per heavy atom. The highest BCUT2D eigenvalue weighted by Gasteiger charge is 2.23. The minimum Gasteiger partial charge on any atom is -0.361 e. The zero-order valence-electron chi connectivity index (χ0n) is 9.10. The second-order valence-electron chi connectivity index (χ2n) is 3.86. The van der Waals surface area contributed by atoms with Gasteiger partial charge < -0.3 is 5.32 Å². The van der Waals surface area contributed by atoms with Gasteiger partial charge in [-0.15, -0.1) is 0 Å². The Balaban J connectivity index is 1.96. The first-order valence-electron chi connectivity index (χ1n) is 5.27. The summed E-state index contributed by atoms with van der Waals surface area (Å²) in [6, 6.07) is 10.9. The van der Waals surface area contributed by atoms with Crippen molar-refractivity contribution in [3.8, 4) is 0 Å². The average molecular weight is 220 g/mol. The van der Waals surface area contributed by atoms with Crippen molar-refractivity contribution >= 4 is 16.9 Å². The van der Waals surface area contributed by atoms with Gasteiger partial charge in [0.2, 0.25) is 0 Å². The number of aliphatic imine (C=N–C) groups is 1. The van der Waals surface area contributed by atoms with Gasteiger partial charge in [-0.2, -0.15) is 0 Å². The zero-order chi connectivity index (χ0) is 10.7. The van der Waals surface area contributed by atoms with Gasteiger partial charge in [-0.1, -0.05) is 49.0 Å². The molecule has 2 nitrogen and oxygen atoms in total. The normalized spacial score (nSPS) is 28.0. The summed E-state index contributed by atoms with van der Waals surface area (Å²) in [7, 11) is 0. The smallest absolute Gasteiger partial charge is 0.157 e. The van der Waals surface area contributed by atoms with Crippen LogP contribution in [0.4, 0.5) is 0 Å². The lowest BCUT2D eigenvalue weighted by Crippen LogP contribution is -2.26. The Hall–Kier alpha value is -0.960. The van der Waals surface area contributed by atoms with E-state index < -0.39 is 0 Å². The molecule has 1 heterocycles. The molecule has 1 aromatic rings. The fourth-order valence-corrected chi connectivity index (χ4v) is 2.47. The predicted octanol–water partition coefficient (Wildman–Crippen LogP) is 2.66. The van der Waals surface area contributed by atoms with Crippen LogP contribution in [0.25, 0.3) is 0 Å². The van der Waals surface area contributed by atoms with Crippen molar-refractivity contribution in [3.05, 3.63) is 35.9 Å². The Morgan fingerprint density at radius 1 is 1.27 bits per heavy atom. The van der Waals surface area contributed by atoms with E-state index in [1.807, 2.05) is 17.8 Å². The summed E-state index contributed by atoms with van der Waals surface area (Å²) in [5.74, 6) is 0. The van der Waals surface area contributed by atoms with Crippen molar-refractivity contribution in [2.24, 2.45) is 4.99 Å². The topological polar surface area (TPSA) is 24.4 Å². The summed E-state index contributed by atoms with van der Waals surface area (Å²) in [6.45, 7) is 5.20. The van der Waals surface area contributed by atoms with E-state index in [0.29, 0.717) is 11.3 Å². The maximum atomic E-state index is 4.56. The molecular weight excluding hydrogens is 204 g/mol. The minimum absolute atomic E-state index is 0.532. The summed E-state index contributed by atoms with van der Waals surface area (Å²) in [5.41, 5.74) is 1.26. The largest absolute Gasteiger partial charge is 0.361 e. The van der Waals surface area contributed by atoms with E-state index in [4.69, 9.17) is 0 Å². The van der Waals surface area contributed by atoms with E-state index in [1.54, 1.807) is 0 Å². The van der Waals surface area contributed by atoms with Gasteiger partial charge in [0.15, 0.2) is 5.17 Å². The van der Waals surface area contributed by atoms with Crippen molar-refractivity contribution in [2.45, 2.75) is 31.7 Å². The van der Waals surface area contributed by atoms with E-state index in [9.17, 15) is 0 Å². The van der Waals surface area contributed by atoms with Gasteiger partial charge in [-0.3, -0.25) is 4.99 Å². The van der Waals surface area contributed by atoms with Gasteiger partial charge in [-0.05, 0) is 12.5 Å². The third-order valence-corrected chi connectivity index (χ3v) is 3.85. The monoisotopic (exact) mass is 220 g/mol. The lowest BCUT2D eigenvalue weighted by atomic mass is 10.2. The molecule has 2 unspecified atom stereocenters. The SMILES string of the molecule is CC1NC(=NCc2ccccc2)SC1C. The zero-order valence-corrected chi connectivity index (χ0v) is 9.92. The summed E-state index contributed by atoms with van der Waals surface area (Å²) in [5, 5.41) is 5.09. The van der Waals surface area contributed by atoms with Crippen LogP contribution in [0, 0.1) is 0 Å². The Labute approximate surface area is 95.2 Å². The van der Waals surface area contributed by atoms with Crippen molar-refractivity contribution in [2.75, 3.05) is 0 Å². The highest BCUT2D eigenvalue weighted by molar-refractivity contribution is 8.14. The first-order valence-corrected chi connectivity index (χ1v) is 6.15. The number of nitrogens with zero attached hydrogens (tertiary/aromatic N) is 1. The fraction of sp³-hybridized carbons (Fsp3) is 0.417. The average Bonchev–Trinajstić information content (AvgIpc) is 2.57. The number of amidine groups is 1. The van der Waals surface area contributed by atoms with Crippen molar-refractivity contribution in [1.29, 1.82) is 0 Å². The maximum absolute atomic E-state index is 4.56. The number of thioether (sulfide) groups is 1. The minimum atomic E-state index is 0.532. The maximum Gasteiger partial charge on any atom is 0.157 e. The van der Waals surface area contributed by atoms with Gasteiger partial charge in [0.25, 0.3) is 0 Å². The molecule has 0 radical (unpaired) electrons. The van der Waals surface area contributed by atoms with Crippen LogP contribution in [-0.2, 0) is 6.54 Å². The molecule has 0 aliphatic carbocycles. The molecule has 2 rings (SSSR count). The number of hydrogen-bond acceptors (Lipinski definition) is 2. The van der Waals surface area contributed by atoms with Gasteiger partial charge in [-0.25, -0.2) is 0 Å². The van der Waals surface area contributed by atoms with Gasteiger partial charge in [0.05, 0.1) is 6.54 Å². The molecule has 1 N–H and O–H groups in total. The highest BCUT2D eigenvalue weighted by Crippen LogP contribution is 2.22. The second-order valence-corrected chi connectivity index (χ2v) is 5.23. The van der Waals surface area contributed by atoms with Gasteiger partial charge in [0.1, 0.15) is 0 Å². The molecule has 0 saturated carbocycles. The Bertz CT molecular complexity index is 336. The lowest BCUT2D eigenvalue weighted by Gasteiger charge is -2.04. The van der Waals surface area contributed by atoms with Crippen LogP contribution >= 0.6 is 11.8 Å². The van der Waals surface area contributed by atoms with Gasteiger partial charge >= 0.3 is 0 Å². The number of benzene rings is 1. The molecule has 1 aliphatic heterocycles.